The molecule has 2 aromatic rings. The lowest BCUT2D eigenvalue weighted by atomic mass is 10.0. The first-order valence-electron chi connectivity index (χ1n) is 6.93. The van der Waals surface area contributed by atoms with Crippen molar-refractivity contribution < 1.29 is 9.53 Å². The summed E-state index contributed by atoms with van der Waals surface area (Å²) in [5, 5.41) is 0. The predicted octanol–water partition coefficient (Wildman–Crippen LogP) is 4.05. The molecule has 1 aliphatic rings. The summed E-state index contributed by atoms with van der Waals surface area (Å²) in [6.45, 7) is 0.758. The quantitative estimate of drug-likeness (QED) is 0.821. The highest BCUT2D eigenvalue weighted by Crippen LogP contribution is 2.31. The maximum Gasteiger partial charge on any atom is 0.258 e. The number of aryl methyl sites for hydroxylation is 1. The van der Waals surface area contributed by atoms with Crippen molar-refractivity contribution in [3.8, 4) is 5.75 Å². The van der Waals surface area contributed by atoms with Crippen molar-refractivity contribution in [2.45, 2.75) is 12.8 Å². The predicted molar refractivity (Wildman–Crippen MR) is 87.1 cm³/mol. The lowest BCUT2D eigenvalue weighted by Crippen LogP contribution is -2.35. The summed E-state index contributed by atoms with van der Waals surface area (Å²) in [5.74, 6) is 0.889. The van der Waals surface area contributed by atoms with Crippen molar-refractivity contribution in [3.05, 3.63) is 58.1 Å². The minimum absolute atomic E-state index is 0.0496. The van der Waals surface area contributed by atoms with Crippen LogP contribution < -0.4 is 9.64 Å². The summed E-state index contributed by atoms with van der Waals surface area (Å²) in [5.41, 5.74) is 2.88. The first kappa shape index (κ1) is 14.1. The van der Waals surface area contributed by atoms with Crippen molar-refractivity contribution in [3.63, 3.8) is 0 Å². The van der Waals surface area contributed by atoms with E-state index in [0.29, 0.717) is 5.56 Å². The molecular formula is C17H16BrNO2. The zero-order valence-corrected chi connectivity index (χ0v) is 13.4. The van der Waals surface area contributed by atoms with Crippen LogP contribution in [0.2, 0.25) is 0 Å². The Balaban J connectivity index is 1.94. The molecule has 0 saturated carbocycles. The zero-order valence-electron chi connectivity index (χ0n) is 11.8. The molecular weight excluding hydrogens is 330 g/mol. The second kappa shape index (κ2) is 5.90. The minimum Gasteiger partial charge on any atom is -0.497 e. The van der Waals surface area contributed by atoms with Gasteiger partial charge in [0.15, 0.2) is 0 Å². The Kier molecular flexibility index (Phi) is 3.97. The van der Waals surface area contributed by atoms with E-state index in [1.165, 1.54) is 5.56 Å². The largest absolute Gasteiger partial charge is 0.497 e. The number of halogens is 1. The van der Waals surface area contributed by atoms with Crippen LogP contribution in [-0.4, -0.2) is 19.6 Å². The topological polar surface area (TPSA) is 29.5 Å². The third-order valence-electron chi connectivity index (χ3n) is 3.74. The van der Waals surface area contributed by atoms with Gasteiger partial charge in [-0.2, -0.15) is 0 Å². The Morgan fingerprint density at radius 1 is 1.19 bits per heavy atom. The number of fused-ring (bicyclic) bond motifs is 1. The van der Waals surface area contributed by atoms with E-state index in [4.69, 9.17) is 4.74 Å². The molecule has 21 heavy (non-hydrogen) atoms. The fourth-order valence-electron chi connectivity index (χ4n) is 2.66. The van der Waals surface area contributed by atoms with Crippen molar-refractivity contribution in [1.82, 2.24) is 0 Å². The maximum absolute atomic E-state index is 12.7. The SMILES string of the molecule is COc1ccc2c(c1)CCCN2C(=O)c1ccc(Br)cc1. The third-order valence-corrected chi connectivity index (χ3v) is 4.27. The summed E-state index contributed by atoms with van der Waals surface area (Å²) in [6, 6.07) is 13.4. The third kappa shape index (κ3) is 2.81. The van der Waals surface area contributed by atoms with Crippen LogP contribution in [0.1, 0.15) is 22.3 Å². The number of carbonyl (C=O) groups excluding carboxylic acids is 1. The Morgan fingerprint density at radius 3 is 2.67 bits per heavy atom. The maximum atomic E-state index is 12.7. The molecule has 0 spiro atoms. The highest BCUT2D eigenvalue weighted by atomic mass is 79.9. The van der Waals surface area contributed by atoms with Crippen LogP contribution in [-0.2, 0) is 6.42 Å². The van der Waals surface area contributed by atoms with Gasteiger partial charge in [0.1, 0.15) is 5.75 Å². The second-order valence-electron chi connectivity index (χ2n) is 5.06. The number of nitrogens with zero attached hydrogens (tertiary/aromatic N) is 1. The lowest BCUT2D eigenvalue weighted by molar-refractivity contribution is 0.0985. The fourth-order valence-corrected chi connectivity index (χ4v) is 2.92. The smallest absolute Gasteiger partial charge is 0.258 e. The van der Waals surface area contributed by atoms with E-state index >= 15 is 0 Å². The van der Waals surface area contributed by atoms with E-state index in [0.717, 1.165) is 35.3 Å². The van der Waals surface area contributed by atoms with Crippen molar-refractivity contribution in [2.24, 2.45) is 0 Å². The van der Waals surface area contributed by atoms with Crippen LogP contribution in [0.5, 0.6) is 5.75 Å². The normalized spacial score (nSPS) is 13.7. The van der Waals surface area contributed by atoms with Gasteiger partial charge < -0.3 is 9.64 Å². The molecule has 1 aliphatic heterocycles. The molecule has 3 nitrogen and oxygen atoms in total. The van der Waals surface area contributed by atoms with Gasteiger partial charge in [0.2, 0.25) is 0 Å². The molecule has 0 bridgehead atoms. The van der Waals surface area contributed by atoms with E-state index in [9.17, 15) is 4.79 Å². The molecule has 0 radical (unpaired) electrons. The van der Waals surface area contributed by atoms with Crippen LogP contribution in [0, 0.1) is 0 Å². The number of amides is 1. The van der Waals surface area contributed by atoms with E-state index < -0.39 is 0 Å². The molecule has 0 unspecified atom stereocenters. The van der Waals surface area contributed by atoms with Gasteiger partial charge in [-0.1, -0.05) is 15.9 Å². The minimum atomic E-state index is 0.0496. The van der Waals surface area contributed by atoms with Crippen LogP contribution >= 0.6 is 15.9 Å². The molecule has 3 rings (SSSR count). The second-order valence-corrected chi connectivity index (χ2v) is 5.98. The van der Waals surface area contributed by atoms with Crippen LogP contribution in [0.3, 0.4) is 0 Å². The van der Waals surface area contributed by atoms with Crippen molar-refractivity contribution in [1.29, 1.82) is 0 Å². The fraction of sp³-hybridized carbons (Fsp3) is 0.235. The standard InChI is InChI=1S/C17H16BrNO2/c1-21-15-8-9-16-13(11-15)3-2-10-19(16)17(20)12-4-6-14(18)7-5-12/h4-9,11H,2-3,10H2,1H3. The first-order valence-corrected chi connectivity index (χ1v) is 7.72. The lowest BCUT2D eigenvalue weighted by Gasteiger charge is -2.30. The zero-order chi connectivity index (χ0) is 14.8. The summed E-state index contributed by atoms with van der Waals surface area (Å²) in [6.07, 6.45) is 1.96. The summed E-state index contributed by atoms with van der Waals surface area (Å²) < 4.78 is 6.24. The number of rotatable bonds is 2. The van der Waals surface area contributed by atoms with Gasteiger partial charge in [0.05, 0.1) is 7.11 Å². The van der Waals surface area contributed by atoms with E-state index in [1.807, 2.05) is 47.4 Å². The van der Waals surface area contributed by atoms with Crippen LogP contribution in [0.4, 0.5) is 5.69 Å². The molecule has 108 valence electrons. The summed E-state index contributed by atoms with van der Waals surface area (Å²) in [7, 11) is 1.66. The number of hydrogen-bond acceptors (Lipinski definition) is 2. The highest BCUT2D eigenvalue weighted by Gasteiger charge is 2.23. The van der Waals surface area contributed by atoms with Gasteiger partial charge in [0, 0.05) is 22.3 Å². The first-order chi connectivity index (χ1) is 10.2. The van der Waals surface area contributed by atoms with Crippen LogP contribution in [0.25, 0.3) is 0 Å². The molecule has 0 fully saturated rings. The number of anilines is 1. The van der Waals surface area contributed by atoms with Gasteiger partial charge >= 0.3 is 0 Å². The Labute approximate surface area is 132 Å². The number of hydrogen-bond donors (Lipinski definition) is 0. The van der Waals surface area contributed by atoms with Gasteiger partial charge in [0.25, 0.3) is 5.91 Å². The summed E-state index contributed by atoms with van der Waals surface area (Å²) >= 11 is 3.39. The molecule has 0 aromatic heterocycles. The Bertz CT molecular complexity index is 667. The Hall–Kier alpha value is -1.81. The number of ether oxygens (including phenoxy) is 1. The average molecular weight is 346 g/mol. The van der Waals surface area contributed by atoms with Gasteiger partial charge in [-0.3, -0.25) is 4.79 Å². The molecule has 0 aliphatic carbocycles. The van der Waals surface area contributed by atoms with Crippen molar-refractivity contribution in [2.75, 3.05) is 18.6 Å². The molecule has 1 amide bonds. The Morgan fingerprint density at radius 2 is 1.95 bits per heavy atom. The number of benzene rings is 2. The molecule has 0 saturated heterocycles. The number of carbonyl (C=O) groups is 1. The van der Waals surface area contributed by atoms with Gasteiger partial charge in [-0.05, 0) is 60.9 Å². The van der Waals surface area contributed by atoms with E-state index in [1.54, 1.807) is 7.11 Å². The molecule has 4 heteroatoms. The molecule has 1 heterocycles. The van der Waals surface area contributed by atoms with Crippen LogP contribution in [0.15, 0.2) is 46.9 Å². The number of methoxy groups -OCH3 is 1. The van der Waals surface area contributed by atoms with Crippen molar-refractivity contribution >= 4 is 27.5 Å². The van der Waals surface area contributed by atoms with E-state index in [-0.39, 0.29) is 5.91 Å². The average Bonchev–Trinajstić information content (AvgIpc) is 2.53. The van der Waals surface area contributed by atoms with Gasteiger partial charge in [-0.15, -0.1) is 0 Å². The highest BCUT2D eigenvalue weighted by molar-refractivity contribution is 9.10. The molecule has 2 aromatic carbocycles. The van der Waals surface area contributed by atoms with Gasteiger partial charge in [-0.25, -0.2) is 0 Å². The molecule has 0 N–H and O–H groups in total. The monoisotopic (exact) mass is 345 g/mol. The van der Waals surface area contributed by atoms with E-state index in [2.05, 4.69) is 15.9 Å². The summed E-state index contributed by atoms with van der Waals surface area (Å²) in [4.78, 5) is 14.6. The molecule has 0 atom stereocenters.